The molecule has 0 aliphatic heterocycles. The first-order valence-corrected chi connectivity index (χ1v) is 7.53. The third-order valence-corrected chi connectivity index (χ3v) is 4.59. The van der Waals surface area contributed by atoms with Crippen molar-refractivity contribution in [1.29, 1.82) is 0 Å². The Hall–Kier alpha value is -1.76. The van der Waals surface area contributed by atoms with E-state index in [4.69, 9.17) is 0 Å². The van der Waals surface area contributed by atoms with Crippen LogP contribution in [0.3, 0.4) is 0 Å². The van der Waals surface area contributed by atoms with Gasteiger partial charge in [0.15, 0.2) is 0 Å². The summed E-state index contributed by atoms with van der Waals surface area (Å²) in [5.74, 6) is 0. The van der Waals surface area contributed by atoms with Crippen LogP contribution in [0, 0.1) is 10.1 Å². The van der Waals surface area contributed by atoms with Crippen molar-refractivity contribution in [3.63, 3.8) is 0 Å². The number of aliphatic hydroxyl groups excluding tert-OH is 1. The Balaban J connectivity index is 2.05. The second-order valence-corrected chi connectivity index (χ2v) is 5.98. The third kappa shape index (κ3) is 3.87. The maximum absolute atomic E-state index is 10.8. The highest BCUT2D eigenvalue weighted by Gasteiger charge is 2.18. The van der Waals surface area contributed by atoms with Crippen molar-refractivity contribution in [2.75, 3.05) is 13.6 Å². The van der Waals surface area contributed by atoms with Crippen molar-refractivity contribution in [3.8, 4) is 0 Å². The molecule has 1 heterocycles. The highest BCUT2D eigenvalue weighted by molar-refractivity contribution is 7.10. The molecule has 21 heavy (non-hydrogen) atoms. The van der Waals surface area contributed by atoms with Crippen molar-refractivity contribution in [2.45, 2.75) is 19.1 Å². The van der Waals surface area contributed by atoms with E-state index in [0.29, 0.717) is 12.1 Å². The average Bonchev–Trinajstić information content (AvgIpc) is 3.00. The number of rotatable bonds is 6. The smallest absolute Gasteiger partial charge is 0.269 e. The molecule has 0 saturated heterocycles. The molecule has 0 amide bonds. The second kappa shape index (κ2) is 6.80. The van der Waals surface area contributed by atoms with Crippen molar-refractivity contribution in [3.05, 3.63) is 62.3 Å². The van der Waals surface area contributed by atoms with Crippen LogP contribution in [0.2, 0.25) is 0 Å². The summed E-state index contributed by atoms with van der Waals surface area (Å²) in [5, 5.41) is 23.1. The fourth-order valence-corrected chi connectivity index (χ4v) is 2.98. The van der Waals surface area contributed by atoms with Gasteiger partial charge in [0.1, 0.15) is 0 Å². The lowest BCUT2D eigenvalue weighted by Gasteiger charge is -2.26. The minimum atomic E-state index is -0.752. The van der Waals surface area contributed by atoms with E-state index in [2.05, 4.69) is 13.0 Å². The van der Waals surface area contributed by atoms with E-state index in [9.17, 15) is 15.2 Å². The molecular formula is C15H18N2O3S. The van der Waals surface area contributed by atoms with Crippen molar-refractivity contribution in [2.24, 2.45) is 0 Å². The lowest BCUT2D eigenvalue weighted by molar-refractivity contribution is -0.385. The SMILES string of the molecule is CC(c1cccs1)N(C)CC(O)c1cccc([N+](=O)[O-])c1. The Morgan fingerprint density at radius 2 is 2.14 bits per heavy atom. The fourth-order valence-electron chi connectivity index (χ4n) is 2.13. The molecular weight excluding hydrogens is 288 g/mol. The number of nitrogens with zero attached hydrogens (tertiary/aromatic N) is 2. The van der Waals surface area contributed by atoms with Crippen LogP contribution in [0.1, 0.15) is 29.5 Å². The highest BCUT2D eigenvalue weighted by atomic mass is 32.1. The number of likely N-dealkylation sites (N-methyl/N-ethyl adjacent to an activating group) is 1. The quantitative estimate of drug-likeness (QED) is 0.656. The van der Waals surface area contributed by atoms with Crippen LogP contribution >= 0.6 is 11.3 Å². The van der Waals surface area contributed by atoms with Crippen LogP contribution in [0.5, 0.6) is 0 Å². The Bertz CT molecular complexity index is 601. The normalized spacial score (nSPS) is 14.1. The van der Waals surface area contributed by atoms with E-state index in [1.54, 1.807) is 23.5 Å². The van der Waals surface area contributed by atoms with Crippen molar-refractivity contribution < 1.29 is 10.0 Å². The van der Waals surface area contributed by atoms with Gasteiger partial charge in [0, 0.05) is 29.6 Å². The third-order valence-electron chi connectivity index (χ3n) is 3.54. The molecule has 0 spiro atoms. The van der Waals surface area contributed by atoms with Crippen LogP contribution in [0.4, 0.5) is 5.69 Å². The largest absolute Gasteiger partial charge is 0.387 e. The summed E-state index contributed by atoms with van der Waals surface area (Å²) in [6.45, 7) is 2.49. The van der Waals surface area contributed by atoms with Gasteiger partial charge < -0.3 is 5.11 Å². The molecule has 112 valence electrons. The molecule has 1 aromatic heterocycles. The van der Waals surface area contributed by atoms with E-state index in [1.165, 1.54) is 17.0 Å². The van der Waals surface area contributed by atoms with Gasteiger partial charge in [-0.15, -0.1) is 11.3 Å². The molecule has 2 atom stereocenters. The van der Waals surface area contributed by atoms with Gasteiger partial charge in [0.05, 0.1) is 11.0 Å². The number of aliphatic hydroxyl groups is 1. The molecule has 0 aliphatic carbocycles. The zero-order valence-electron chi connectivity index (χ0n) is 12.0. The summed E-state index contributed by atoms with van der Waals surface area (Å²) < 4.78 is 0. The molecule has 2 rings (SSSR count). The van der Waals surface area contributed by atoms with Crippen molar-refractivity contribution in [1.82, 2.24) is 4.90 Å². The molecule has 0 fully saturated rings. The molecule has 0 bridgehead atoms. The summed E-state index contributed by atoms with van der Waals surface area (Å²) >= 11 is 1.68. The molecule has 2 unspecified atom stereocenters. The molecule has 0 aliphatic rings. The van der Waals surface area contributed by atoms with Crippen LogP contribution in [0.15, 0.2) is 41.8 Å². The first-order valence-electron chi connectivity index (χ1n) is 6.65. The van der Waals surface area contributed by atoms with E-state index in [0.717, 1.165) is 0 Å². The summed E-state index contributed by atoms with van der Waals surface area (Å²) in [6.07, 6.45) is -0.752. The van der Waals surface area contributed by atoms with Gasteiger partial charge in [0.2, 0.25) is 0 Å². The van der Waals surface area contributed by atoms with Gasteiger partial charge in [-0.25, -0.2) is 0 Å². The maximum atomic E-state index is 10.8. The summed E-state index contributed by atoms with van der Waals surface area (Å²) in [6, 6.07) is 10.4. The predicted molar refractivity (Wildman–Crippen MR) is 83.4 cm³/mol. The maximum Gasteiger partial charge on any atom is 0.269 e. The number of hydrogen-bond acceptors (Lipinski definition) is 5. The van der Waals surface area contributed by atoms with E-state index in [-0.39, 0.29) is 11.7 Å². The highest BCUT2D eigenvalue weighted by Crippen LogP contribution is 2.26. The topological polar surface area (TPSA) is 66.6 Å². The molecule has 1 aromatic carbocycles. The molecule has 2 aromatic rings. The van der Waals surface area contributed by atoms with Crippen LogP contribution < -0.4 is 0 Å². The Morgan fingerprint density at radius 1 is 1.38 bits per heavy atom. The summed E-state index contributed by atoms with van der Waals surface area (Å²) in [4.78, 5) is 13.6. The van der Waals surface area contributed by atoms with Gasteiger partial charge in [-0.05, 0) is 31.0 Å². The summed E-state index contributed by atoms with van der Waals surface area (Å²) in [7, 11) is 1.94. The lowest BCUT2D eigenvalue weighted by Crippen LogP contribution is -2.27. The second-order valence-electron chi connectivity index (χ2n) is 5.00. The zero-order chi connectivity index (χ0) is 15.4. The number of nitro benzene ring substituents is 1. The monoisotopic (exact) mass is 306 g/mol. The number of thiophene rings is 1. The van der Waals surface area contributed by atoms with Crippen molar-refractivity contribution >= 4 is 17.0 Å². The van der Waals surface area contributed by atoms with E-state index in [1.807, 2.05) is 23.4 Å². The number of non-ortho nitro benzene ring substituents is 1. The van der Waals surface area contributed by atoms with Gasteiger partial charge in [0.25, 0.3) is 5.69 Å². The standard InChI is InChI=1S/C15H18N2O3S/c1-11(15-7-4-8-21-15)16(2)10-14(18)12-5-3-6-13(9-12)17(19)20/h3-9,11,14,18H,10H2,1-2H3. The Morgan fingerprint density at radius 3 is 2.76 bits per heavy atom. The fraction of sp³-hybridized carbons (Fsp3) is 0.333. The molecule has 0 radical (unpaired) electrons. The van der Waals surface area contributed by atoms with Crippen LogP contribution in [-0.2, 0) is 0 Å². The minimum Gasteiger partial charge on any atom is -0.387 e. The summed E-state index contributed by atoms with van der Waals surface area (Å²) in [5.41, 5.74) is 0.565. The molecule has 5 nitrogen and oxygen atoms in total. The number of hydrogen-bond donors (Lipinski definition) is 1. The predicted octanol–water partition coefficient (Wildman–Crippen LogP) is 3.38. The Kier molecular flexibility index (Phi) is 5.06. The van der Waals surface area contributed by atoms with E-state index < -0.39 is 11.0 Å². The van der Waals surface area contributed by atoms with Gasteiger partial charge in [-0.3, -0.25) is 15.0 Å². The minimum absolute atomic E-state index is 0.000471. The van der Waals surface area contributed by atoms with Crippen LogP contribution in [-0.4, -0.2) is 28.5 Å². The first kappa shape index (κ1) is 15.6. The van der Waals surface area contributed by atoms with Gasteiger partial charge in [-0.2, -0.15) is 0 Å². The number of benzene rings is 1. The lowest BCUT2D eigenvalue weighted by atomic mass is 10.1. The average molecular weight is 306 g/mol. The Labute approximate surface area is 127 Å². The van der Waals surface area contributed by atoms with E-state index >= 15 is 0 Å². The van der Waals surface area contributed by atoms with Gasteiger partial charge in [-0.1, -0.05) is 18.2 Å². The zero-order valence-corrected chi connectivity index (χ0v) is 12.8. The first-order chi connectivity index (χ1) is 9.99. The van der Waals surface area contributed by atoms with Gasteiger partial charge >= 0.3 is 0 Å². The molecule has 6 heteroatoms. The molecule has 1 N–H and O–H groups in total. The molecule has 0 saturated carbocycles. The van der Waals surface area contributed by atoms with Crippen LogP contribution in [0.25, 0.3) is 0 Å². The number of nitro groups is 1.